The van der Waals surface area contributed by atoms with Crippen molar-refractivity contribution in [1.29, 1.82) is 0 Å². The Morgan fingerprint density at radius 2 is 1.51 bits per heavy atom. The molecule has 1 aliphatic heterocycles. The first-order chi connectivity index (χ1) is 21.7. The molecule has 47 heavy (non-hydrogen) atoms. The highest BCUT2D eigenvalue weighted by atomic mass is 16.7. The van der Waals surface area contributed by atoms with E-state index in [9.17, 15) is 35.1 Å². The predicted octanol–water partition coefficient (Wildman–Crippen LogP) is 4.21. The zero-order valence-electron chi connectivity index (χ0n) is 29.5. The Kier molecular flexibility index (Phi) is 8.42. The number of carboxylic acid groups (broad SMARTS) is 1. The third-order valence-corrected chi connectivity index (χ3v) is 15.2. The van der Waals surface area contributed by atoms with Crippen molar-refractivity contribution in [2.24, 2.45) is 50.2 Å². The van der Waals surface area contributed by atoms with Crippen LogP contribution >= 0.6 is 0 Å². The number of ether oxygens (including phenoxy) is 3. The SMILES string of the molecule is COC(=O)C1OC(OC2C(O)CC3(C)C(CCC4(C)C3CC=C3C5CC(C)(C)CCC5(C(=O)O)CCC34C)C2(C)C)C(O)C(O)C1O. The van der Waals surface area contributed by atoms with Crippen molar-refractivity contribution in [2.75, 3.05) is 7.11 Å². The minimum atomic E-state index is -1.70. The van der Waals surface area contributed by atoms with Crippen molar-refractivity contribution in [3.63, 3.8) is 0 Å². The molecule has 10 nitrogen and oxygen atoms in total. The van der Waals surface area contributed by atoms with Crippen molar-refractivity contribution < 1.29 is 49.3 Å². The number of rotatable bonds is 4. The summed E-state index contributed by atoms with van der Waals surface area (Å²) in [5, 5.41) is 54.3. The van der Waals surface area contributed by atoms with Gasteiger partial charge < -0.3 is 39.7 Å². The van der Waals surface area contributed by atoms with Crippen LogP contribution in [-0.2, 0) is 23.8 Å². The third-order valence-electron chi connectivity index (χ3n) is 15.2. The van der Waals surface area contributed by atoms with Gasteiger partial charge in [0.1, 0.15) is 18.3 Å². The fraction of sp³-hybridized carbons (Fsp3) is 0.892. The summed E-state index contributed by atoms with van der Waals surface area (Å²) in [5.74, 6) is -1.11. The number of aliphatic hydroxyl groups excluding tert-OH is 4. The first kappa shape index (κ1) is 35.3. The molecule has 0 spiro atoms. The largest absolute Gasteiger partial charge is 0.481 e. The van der Waals surface area contributed by atoms with E-state index in [1.807, 2.05) is 0 Å². The van der Waals surface area contributed by atoms with Crippen LogP contribution in [-0.4, -0.2) is 87.5 Å². The van der Waals surface area contributed by atoms with Crippen LogP contribution in [0, 0.1) is 50.2 Å². The average molecular weight is 663 g/mol. The Bertz CT molecular complexity index is 1310. The van der Waals surface area contributed by atoms with Gasteiger partial charge in [0.05, 0.1) is 24.7 Å². The number of esters is 1. The Morgan fingerprint density at radius 1 is 0.851 bits per heavy atom. The van der Waals surface area contributed by atoms with Gasteiger partial charge in [0.2, 0.25) is 0 Å². The molecule has 0 aromatic carbocycles. The van der Waals surface area contributed by atoms with E-state index in [4.69, 9.17) is 14.2 Å². The molecule has 6 aliphatic rings. The van der Waals surface area contributed by atoms with Gasteiger partial charge in [0, 0.05) is 0 Å². The van der Waals surface area contributed by atoms with Crippen LogP contribution in [0.15, 0.2) is 11.6 Å². The summed E-state index contributed by atoms with van der Waals surface area (Å²) in [7, 11) is 1.15. The zero-order chi connectivity index (χ0) is 34.7. The minimum absolute atomic E-state index is 0.0292. The van der Waals surface area contributed by atoms with E-state index in [0.717, 1.165) is 52.1 Å². The van der Waals surface area contributed by atoms with E-state index in [-0.39, 0.29) is 39.4 Å². The molecule has 4 saturated carbocycles. The number of hydrogen-bond acceptors (Lipinski definition) is 9. The summed E-state index contributed by atoms with van der Waals surface area (Å²) in [6.07, 6.45) is -0.0342. The Balaban J connectivity index is 1.31. The highest BCUT2D eigenvalue weighted by Gasteiger charge is 2.70. The smallest absolute Gasteiger partial charge is 0.337 e. The lowest BCUT2D eigenvalue weighted by atomic mass is 9.33. The van der Waals surface area contributed by atoms with Gasteiger partial charge in [-0.15, -0.1) is 0 Å². The molecule has 0 aromatic rings. The van der Waals surface area contributed by atoms with Crippen LogP contribution in [0.1, 0.15) is 106 Å². The van der Waals surface area contributed by atoms with Crippen LogP contribution in [0.5, 0.6) is 0 Å². The minimum Gasteiger partial charge on any atom is -0.481 e. The number of allylic oxidation sites excluding steroid dienone is 2. The maximum Gasteiger partial charge on any atom is 0.337 e. The zero-order valence-corrected chi connectivity index (χ0v) is 29.5. The van der Waals surface area contributed by atoms with Gasteiger partial charge in [-0.1, -0.05) is 60.1 Å². The molecule has 0 aromatic heterocycles. The van der Waals surface area contributed by atoms with E-state index in [1.165, 1.54) is 5.57 Å². The molecule has 5 fully saturated rings. The number of carboxylic acids is 1. The fourth-order valence-electron chi connectivity index (χ4n) is 12.4. The molecule has 5 N–H and O–H groups in total. The standard InChI is InChI=1S/C37H58O10/c1-32(2)13-15-37(31(43)44)16-14-35(6)19(20(37)17-32)9-10-23-34(5)18-21(38)28(33(3,4)22(34)11-12-36(23,35)7)47-30-26(41)24(39)25(40)27(46-30)29(42)45-8/h9,20-28,30,38-41H,10-18H2,1-8H3,(H,43,44). The van der Waals surface area contributed by atoms with E-state index < -0.39 is 65.7 Å². The highest BCUT2D eigenvalue weighted by Crippen LogP contribution is 2.76. The van der Waals surface area contributed by atoms with Crippen LogP contribution in [0.25, 0.3) is 0 Å². The number of fused-ring (bicyclic) bond motifs is 7. The number of methoxy groups -OCH3 is 1. The maximum atomic E-state index is 13.0. The molecule has 1 heterocycles. The summed E-state index contributed by atoms with van der Waals surface area (Å²) in [5.41, 5.74) is -0.316. The van der Waals surface area contributed by atoms with Gasteiger partial charge in [-0.05, 0) is 103 Å². The summed E-state index contributed by atoms with van der Waals surface area (Å²) >= 11 is 0. The lowest BCUT2D eigenvalue weighted by Gasteiger charge is -2.71. The number of carbonyl (C=O) groups is 2. The van der Waals surface area contributed by atoms with Crippen molar-refractivity contribution in [2.45, 2.75) is 149 Å². The maximum absolute atomic E-state index is 13.0. The fourth-order valence-corrected chi connectivity index (χ4v) is 12.4. The molecule has 0 amide bonds. The van der Waals surface area contributed by atoms with E-state index >= 15 is 0 Å². The van der Waals surface area contributed by atoms with Crippen LogP contribution < -0.4 is 0 Å². The quantitative estimate of drug-likeness (QED) is 0.167. The van der Waals surface area contributed by atoms with Crippen molar-refractivity contribution in [3.8, 4) is 0 Å². The van der Waals surface area contributed by atoms with Crippen LogP contribution in [0.4, 0.5) is 0 Å². The van der Waals surface area contributed by atoms with E-state index in [2.05, 4.69) is 54.5 Å². The highest BCUT2D eigenvalue weighted by molar-refractivity contribution is 5.77. The molecule has 1 saturated heterocycles. The molecule has 14 unspecified atom stereocenters. The summed E-state index contributed by atoms with van der Waals surface area (Å²) in [4.78, 5) is 25.3. The molecule has 5 aliphatic carbocycles. The molecular formula is C37H58O10. The Hall–Kier alpha value is -1.56. The first-order valence-corrected chi connectivity index (χ1v) is 17.8. The van der Waals surface area contributed by atoms with Gasteiger partial charge in [-0.2, -0.15) is 0 Å². The van der Waals surface area contributed by atoms with Gasteiger partial charge >= 0.3 is 11.9 Å². The monoisotopic (exact) mass is 662 g/mol. The molecular weight excluding hydrogens is 604 g/mol. The second-order valence-electron chi connectivity index (χ2n) is 18.2. The van der Waals surface area contributed by atoms with Crippen molar-refractivity contribution in [3.05, 3.63) is 11.6 Å². The molecule has 6 rings (SSSR count). The van der Waals surface area contributed by atoms with Crippen molar-refractivity contribution in [1.82, 2.24) is 0 Å². The van der Waals surface area contributed by atoms with Crippen LogP contribution in [0.2, 0.25) is 0 Å². The molecule has 0 radical (unpaired) electrons. The second kappa shape index (κ2) is 11.2. The number of aliphatic carboxylic acids is 1. The third kappa shape index (κ3) is 4.85. The lowest BCUT2D eigenvalue weighted by molar-refractivity contribution is -0.336. The normalized spacial score (nSPS) is 51.7. The first-order valence-electron chi connectivity index (χ1n) is 17.8. The van der Waals surface area contributed by atoms with E-state index in [0.29, 0.717) is 12.8 Å². The predicted molar refractivity (Wildman–Crippen MR) is 172 cm³/mol. The Labute approximate surface area is 279 Å². The number of aliphatic hydroxyl groups is 4. The lowest BCUT2D eigenvalue weighted by Crippen LogP contribution is -2.68. The molecule has 0 bridgehead atoms. The molecule has 266 valence electrons. The second-order valence-corrected chi connectivity index (χ2v) is 18.2. The van der Waals surface area contributed by atoms with Crippen LogP contribution in [0.3, 0.4) is 0 Å². The number of hydrogen-bond donors (Lipinski definition) is 5. The topological polar surface area (TPSA) is 163 Å². The number of carbonyl (C=O) groups excluding carboxylic acids is 1. The summed E-state index contributed by atoms with van der Waals surface area (Å²) in [6.45, 7) is 15.9. The summed E-state index contributed by atoms with van der Waals surface area (Å²) in [6, 6.07) is 0. The summed E-state index contributed by atoms with van der Waals surface area (Å²) < 4.78 is 16.7. The Morgan fingerprint density at radius 3 is 2.15 bits per heavy atom. The molecule has 14 atom stereocenters. The average Bonchev–Trinajstić information content (AvgIpc) is 2.98. The van der Waals surface area contributed by atoms with Crippen molar-refractivity contribution >= 4 is 11.9 Å². The molecule has 10 heteroatoms. The van der Waals surface area contributed by atoms with Gasteiger partial charge in [0.15, 0.2) is 12.4 Å². The van der Waals surface area contributed by atoms with Gasteiger partial charge in [-0.3, -0.25) is 4.79 Å². The van der Waals surface area contributed by atoms with Gasteiger partial charge in [0.25, 0.3) is 0 Å². The van der Waals surface area contributed by atoms with E-state index in [1.54, 1.807) is 0 Å². The van der Waals surface area contributed by atoms with Gasteiger partial charge in [-0.25, -0.2) is 4.79 Å².